The number of aromatic carboxylic acids is 1. The molecule has 0 atom stereocenters. The number of carbonyl (C=O) groups excluding carboxylic acids is 1. The summed E-state index contributed by atoms with van der Waals surface area (Å²) in [7, 11) is 0. The summed E-state index contributed by atoms with van der Waals surface area (Å²) in [4.78, 5) is 23.3. The standard InChI is InChI=1S/C16H15NO3/c1-10-7-8-12(11(2)9-10)15(18)17-14-6-4-3-5-13(14)16(19)20/h3-9H,1-2H3,(H,17,18)(H,19,20). The molecular formula is C16H15NO3. The minimum absolute atomic E-state index is 0.0746. The van der Waals surface area contributed by atoms with Crippen LogP contribution in [0.1, 0.15) is 31.8 Å². The first-order valence-electron chi connectivity index (χ1n) is 6.20. The number of hydrogen-bond acceptors (Lipinski definition) is 2. The van der Waals surface area contributed by atoms with E-state index in [0.717, 1.165) is 11.1 Å². The molecule has 2 rings (SSSR count). The number of aryl methyl sites for hydroxylation is 2. The van der Waals surface area contributed by atoms with E-state index in [0.29, 0.717) is 11.3 Å². The summed E-state index contributed by atoms with van der Waals surface area (Å²) in [5.41, 5.74) is 2.84. The molecule has 0 spiro atoms. The van der Waals surface area contributed by atoms with E-state index in [1.807, 2.05) is 26.0 Å². The normalized spacial score (nSPS) is 10.1. The minimum atomic E-state index is -1.07. The van der Waals surface area contributed by atoms with Crippen LogP contribution in [0.2, 0.25) is 0 Å². The molecule has 2 aromatic rings. The van der Waals surface area contributed by atoms with Gasteiger partial charge in [0.1, 0.15) is 0 Å². The maximum absolute atomic E-state index is 12.2. The second kappa shape index (κ2) is 5.57. The number of rotatable bonds is 3. The van der Waals surface area contributed by atoms with Crippen LogP contribution in [0.4, 0.5) is 5.69 Å². The molecule has 102 valence electrons. The van der Waals surface area contributed by atoms with E-state index < -0.39 is 5.97 Å². The van der Waals surface area contributed by atoms with Crippen molar-refractivity contribution in [3.63, 3.8) is 0 Å². The largest absolute Gasteiger partial charge is 0.478 e. The van der Waals surface area contributed by atoms with Gasteiger partial charge in [0.15, 0.2) is 0 Å². The van der Waals surface area contributed by atoms with E-state index in [1.165, 1.54) is 6.07 Å². The van der Waals surface area contributed by atoms with E-state index in [2.05, 4.69) is 5.32 Å². The Hall–Kier alpha value is -2.62. The maximum Gasteiger partial charge on any atom is 0.337 e. The number of carboxylic acids is 1. The Morgan fingerprint density at radius 1 is 1.00 bits per heavy atom. The van der Waals surface area contributed by atoms with Crippen molar-refractivity contribution in [2.45, 2.75) is 13.8 Å². The lowest BCUT2D eigenvalue weighted by Gasteiger charge is -2.10. The number of benzene rings is 2. The topological polar surface area (TPSA) is 66.4 Å². The van der Waals surface area contributed by atoms with Crippen LogP contribution in [0.5, 0.6) is 0 Å². The summed E-state index contributed by atoms with van der Waals surface area (Å²) in [6, 6.07) is 11.8. The van der Waals surface area contributed by atoms with E-state index >= 15 is 0 Å². The monoisotopic (exact) mass is 269 g/mol. The van der Waals surface area contributed by atoms with Crippen molar-refractivity contribution in [2.24, 2.45) is 0 Å². The summed E-state index contributed by atoms with van der Waals surface area (Å²) in [6.07, 6.45) is 0. The Labute approximate surface area is 117 Å². The van der Waals surface area contributed by atoms with Crippen molar-refractivity contribution in [1.29, 1.82) is 0 Å². The van der Waals surface area contributed by atoms with Crippen molar-refractivity contribution in [3.8, 4) is 0 Å². The molecule has 20 heavy (non-hydrogen) atoms. The van der Waals surface area contributed by atoms with E-state index in [1.54, 1.807) is 24.3 Å². The van der Waals surface area contributed by atoms with Crippen molar-refractivity contribution in [3.05, 3.63) is 64.7 Å². The number of carbonyl (C=O) groups is 2. The van der Waals surface area contributed by atoms with Gasteiger partial charge in [0, 0.05) is 5.56 Å². The van der Waals surface area contributed by atoms with Gasteiger partial charge in [-0.3, -0.25) is 4.79 Å². The molecule has 4 nitrogen and oxygen atoms in total. The Morgan fingerprint density at radius 2 is 1.70 bits per heavy atom. The van der Waals surface area contributed by atoms with Gasteiger partial charge in [0.05, 0.1) is 11.3 Å². The van der Waals surface area contributed by atoms with Crippen molar-refractivity contribution < 1.29 is 14.7 Å². The van der Waals surface area contributed by atoms with Gasteiger partial charge in [-0.1, -0.05) is 29.8 Å². The number of anilines is 1. The first-order chi connectivity index (χ1) is 9.49. The second-order valence-electron chi connectivity index (χ2n) is 4.62. The zero-order valence-electron chi connectivity index (χ0n) is 11.3. The van der Waals surface area contributed by atoms with Crippen LogP contribution in [0, 0.1) is 13.8 Å². The van der Waals surface area contributed by atoms with Gasteiger partial charge in [-0.15, -0.1) is 0 Å². The molecule has 1 amide bonds. The fraction of sp³-hybridized carbons (Fsp3) is 0.125. The lowest BCUT2D eigenvalue weighted by molar-refractivity contribution is 0.0698. The van der Waals surface area contributed by atoms with Crippen LogP contribution >= 0.6 is 0 Å². The van der Waals surface area contributed by atoms with Crippen LogP contribution in [0.25, 0.3) is 0 Å². The van der Waals surface area contributed by atoms with Gasteiger partial charge in [-0.2, -0.15) is 0 Å². The molecule has 0 aromatic heterocycles. The maximum atomic E-state index is 12.2. The third-order valence-corrected chi connectivity index (χ3v) is 3.03. The van der Waals surface area contributed by atoms with Gasteiger partial charge in [-0.05, 0) is 37.6 Å². The number of carboxylic acid groups (broad SMARTS) is 1. The Kier molecular flexibility index (Phi) is 3.84. The fourth-order valence-corrected chi connectivity index (χ4v) is 2.04. The molecule has 0 aliphatic rings. The molecule has 0 fully saturated rings. The SMILES string of the molecule is Cc1ccc(C(=O)Nc2ccccc2C(=O)O)c(C)c1. The zero-order valence-corrected chi connectivity index (χ0v) is 11.3. The molecule has 0 aliphatic carbocycles. The van der Waals surface area contributed by atoms with E-state index in [9.17, 15) is 9.59 Å². The lowest BCUT2D eigenvalue weighted by Crippen LogP contribution is -2.15. The number of para-hydroxylation sites is 1. The van der Waals surface area contributed by atoms with Gasteiger partial charge in [0.25, 0.3) is 5.91 Å². The highest BCUT2D eigenvalue weighted by atomic mass is 16.4. The Morgan fingerprint density at radius 3 is 2.35 bits per heavy atom. The quantitative estimate of drug-likeness (QED) is 0.898. The average Bonchev–Trinajstić information content (AvgIpc) is 2.38. The van der Waals surface area contributed by atoms with Gasteiger partial charge < -0.3 is 10.4 Å². The molecule has 0 heterocycles. The van der Waals surface area contributed by atoms with Crippen LogP contribution in [-0.4, -0.2) is 17.0 Å². The van der Waals surface area contributed by atoms with Crippen molar-refractivity contribution >= 4 is 17.6 Å². The third-order valence-electron chi connectivity index (χ3n) is 3.03. The summed E-state index contributed by atoms with van der Waals surface area (Å²) < 4.78 is 0. The van der Waals surface area contributed by atoms with Crippen LogP contribution in [-0.2, 0) is 0 Å². The first kappa shape index (κ1) is 13.8. The van der Waals surface area contributed by atoms with Crippen molar-refractivity contribution in [1.82, 2.24) is 0 Å². The van der Waals surface area contributed by atoms with Gasteiger partial charge in [0.2, 0.25) is 0 Å². The minimum Gasteiger partial charge on any atom is -0.478 e. The number of amides is 1. The molecule has 2 N–H and O–H groups in total. The summed E-state index contributed by atoms with van der Waals surface area (Å²) >= 11 is 0. The molecule has 0 radical (unpaired) electrons. The van der Waals surface area contributed by atoms with Crippen molar-refractivity contribution in [2.75, 3.05) is 5.32 Å². The van der Waals surface area contributed by atoms with E-state index in [-0.39, 0.29) is 11.5 Å². The summed E-state index contributed by atoms with van der Waals surface area (Å²) in [5, 5.41) is 11.7. The Balaban J connectivity index is 2.30. The highest BCUT2D eigenvalue weighted by molar-refractivity contribution is 6.08. The summed E-state index contributed by atoms with van der Waals surface area (Å²) in [6.45, 7) is 3.80. The molecule has 0 unspecified atom stereocenters. The van der Waals surface area contributed by atoms with Crippen LogP contribution < -0.4 is 5.32 Å². The van der Waals surface area contributed by atoms with Crippen LogP contribution in [0.3, 0.4) is 0 Å². The molecule has 0 aliphatic heterocycles. The second-order valence-corrected chi connectivity index (χ2v) is 4.62. The molecule has 0 saturated carbocycles. The highest BCUT2D eigenvalue weighted by Crippen LogP contribution is 2.18. The predicted octanol–water partition coefficient (Wildman–Crippen LogP) is 3.25. The third kappa shape index (κ3) is 2.85. The smallest absolute Gasteiger partial charge is 0.337 e. The van der Waals surface area contributed by atoms with Gasteiger partial charge >= 0.3 is 5.97 Å². The zero-order chi connectivity index (χ0) is 14.7. The predicted molar refractivity (Wildman–Crippen MR) is 77.3 cm³/mol. The Bertz CT molecular complexity index is 677. The number of nitrogens with one attached hydrogen (secondary N) is 1. The summed E-state index contributed by atoms with van der Waals surface area (Å²) in [5.74, 6) is -1.38. The first-order valence-corrected chi connectivity index (χ1v) is 6.20. The lowest BCUT2D eigenvalue weighted by atomic mass is 10.0. The molecule has 0 saturated heterocycles. The average molecular weight is 269 g/mol. The molecule has 0 bridgehead atoms. The number of hydrogen-bond donors (Lipinski definition) is 2. The molecule has 2 aromatic carbocycles. The highest BCUT2D eigenvalue weighted by Gasteiger charge is 2.14. The molecular weight excluding hydrogens is 254 g/mol. The fourth-order valence-electron chi connectivity index (χ4n) is 2.04. The van der Waals surface area contributed by atoms with Crippen LogP contribution in [0.15, 0.2) is 42.5 Å². The van der Waals surface area contributed by atoms with Gasteiger partial charge in [-0.25, -0.2) is 4.79 Å². The van der Waals surface area contributed by atoms with E-state index in [4.69, 9.17) is 5.11 Å². The molecule has 4 heteroatoms.